The zero-order chi connectivity index (χ0) is 11.5. The standard InChI is InChI=1S/C11H15ClN2O/c1-8(2)11(15,7-14-13)9-3-5-10(12)6-4-9/h3-6,14-15H,1,7,13H2,2H3. The molecule has 1 aromatic rings. The average molecular weight is 227 g/mol. The van der Waals surface area contributed by atoms with Crippen LogP contribution in [0.3, 0.4) is 0 Å². The third kappa shape index (κ3) is 2.58. The highest BCUT2D eigenvalue weighted by atomic mass is 35.5. The lowest BCUT2D eigenvalue weighted by Gasteiger charge is -2.28. The van der Waals surface area contributed by atoms with Gasteiger partial charge in [-0.3, -0.25) is 11.3 Å². The SMILES string of the molecule is C=C(C)C(O)(CNN)c1ccc(Cl)cc1. The molecule has 0 fully saturated rings. The minimum atomic E-state index is -1.15. The van der Waals surface area contributed by atoms with Gasteiger partial charge in [0.2, 0.25) is 0 Å². The molecule has 15 heavy (non-hydrogen) atoms. The van der Waals surface area contributed by atoms with E-state index in [0.717, 1.165) is 5.56 Å². The molecule has 1 rings (SSSR count). The van der Waals surface area contributed by atoms with Gasteiger partial charge in [0.25, 0.3) is 0 Å². The summed E-state index contributed by atoms with van der Waals surface area (Å²) < 4.78 is 0. The second-order valence-corrected chi connectivity index (χ2v) is 3.96. The Hall–Kier alpha value is -0.870. The van der Waals surface area contributed by atoms with Crippen molar-refractivity contribution in [3.63, 3.8) is 0 Å². The van der Waals surface area contributed by atoms with Crippen LogP contribution in [0.1, 0.15) is 12.5 Å². The van der Waals surface area contributed by atoms with Gasteiger partial charge in [0.15, 0.2) is 0 Å². The molecule has 0 heterocycles. The van der Waals surface area contributed by atoms with Crippen LogP contribution >= 0.6 is 11.6 Å². The number of aliphatic hydroxyl groups is 1. The number of benzene rings is 1. The fraction of sp³-hybridized carbons (Fsp3) is 0.273. The fourth-order valence-corrected chi connectivity index (χ4v) is 1.50. The monoisotopic (exact) mass is 226 g/mol. The highest BCUT2D eigenvalue weighted by Gasteiger charge is 2.29. The number of rotatable bonds is 4. The third-order valence-corrected chi connectivity index (χ3v) is 2.64. The van der Waals surface area contributed by atoms with Crippen molar-refractivity contribution in [3.05, 3.63) is 47.0 Å². The summed E-state index contributed by atoms with van der Waals surface area (Å²) in [5.74, 6) is 5.24. The Morgan fingerprint density at radius 2 is 2.07 bits per heavy atom. The van der Waals surface area contributed by atoms with Crippen LogP contribution in [0.4, 0.5) is 0 Å². The molecule has 4 N–H and O–H groups in total. The van der Waals surface area contributed by atoms with E-state index in [0.29, 0.717) is 10.6 Å². The zero-order valence-electron chi connectivity index (χ0n) is 8.63. The van der Waals surface area contributed by atoms with E-state index in [4.69, 9.17) is 17.4 Å². The first-order valence-electron chi connectivity index (χ1n) is 4.58. The molecular formula is C11H15ClN2O. The number of hydrogen-bond acceptors (Lipinski definition) is 3. The summed E-state index contributed by atoms with van der Waals surface area (Å²) >= 11 is 5.77. The number of nitrogens with one attached hydrogen (secondary N) is 1. The Labute approximate surface area is 94.5 Å². The Morgan fingerprint density at radius 1 is 1.53 bits per heavy atom. The molecule has 0 aromatic heterocycles. The van der Waals surface area contributed by atoms with Gasteiger partial charge in [-0.15, -0.1) is 0 Å². The van der Waals surface area contributed by atoms with Gasteiger partial charge in [-0.25, -0.2) is 0 Å². The summed E-state index contributed by atoms with van der Waals surface area (Å²) in [5, 5.41) is 11.0. The summed E-state index contributed by atoms with van der Waals surface area (Å²) in [6.45, 7) is 5.73. The van der Waals surface area contributed by atoms with Crippen LogP contribution in [0.15, 0.2) is 36.4 Å². The molecule has 1 aromatic carbocycles. The molecule has 0 radical (unpaired) electrons. The molecule has 3 nitrogen and oxygen atoms in total. The average Bonchev–Trinajstić information content (AvgIpc) is 2.18. The lowest BCUT2D eigenvalue weighted by Crippen LogP contribution is -2.41. The molecule has 1 unspecified atom stereocenters. The van der Waals surface area contributed by atoms with Crippen molar-refractivity contribution in [1.82, 2.24) is 5.43 Å². The molecule has 0 aliphatic heterocycles. The van der Waals surface area contributed by atoms with Crippen LogP contribution in [0.5, 0.6) is 0 Å². The summed E-state index contributed by atoms with van der Waals surface area (Å²) in [5.41, 5.74) is 2.65. The molecule has 82 valence electrons. The Balaban J connectivity index is 3.09. The first-order chi connectivity index (χ1) is 7.00. The van der Waals surface area contributed by atoms with E-state index in [2.05, 4.69) is 12.0 Å². The van der Waals surface area contributed by atoms with Gasteiger partial charge in [-0.05, 0) is 30.2 Å². The van der Waals surface area contributed by atoms with Crippen molar-refractivity contribution in [3.8, 4) is 0 Å². The Bertz CT molecular complexity index is 350. The maximum Gasteiger partial charge on any atom is 0.124 e. The lowest BCUT2D eigenvalue weighted by molar-refractivity contribution is 0.0763. The maximum absolute atomic E-state index is 10.4. The van der Waals surface area contributed by atoms with Gasteiger partial charge in [-0.1, -0.05) is 30.3 Å². The van der Waals surface area contributed by atoms with Crippen molar-refractivity contribution < 1.29 is 5.11 Å². The highest BCUT2D eigenvalue weighted by molar-refractivity contribution is 6.30. The summed E-state index contributed by atoms with van der Waals surface area (Å²) in [6.07, 6.45) is 0. The number of hydrazine groups is 1. The molecule has 1 atom stereocenters. The Morgan fingerprint density at radius 3 is 2.47 bits per heavy atom. The van der Waals surface area contributed by atoms with Crippen molar-refractivity contribution in [1.29, 1.82) is 0 Å². The minimum absolute atomic E-state index is 0.212. The normalized spacial score (nSPS) is 14.7. The van der Waals surface area contributed by atoms with Gasteiger partial charge in [0, 0.05) is 11.6 Å². The summed E-state index contributed by atoms with van der Waals surface area (Å²) in [7, 11) is 0. The quantitative estimate of drug-likeness (QED) is 0.415. The van der Waals surface area contributed by atoms with Crippen molar-refractivity contribution in [2.45, 2.75) is 12.5 Å². The second kappa shape index (κ2) is 4.77. The van der Waals surface area contributed by atoms with E-state index in [1.807, 2.05) is 0 Å². The molecule has 4 heteroatoms. The predicted molar refractivity (Wildman–Crippen MR) is 62.4 cm³/mol. The zero-order valence-corrected chi connectivity index (χ0v) is 9.38. The van der Waals surface area contributed by atoms with Crippen LogP contribution in [-0.4, -0.2) is 11.7 Å². The van der Waals surface area contributed by atoms with E-state index in [-0.39, 0.29) is 6.54 Å². The van der Waals surface area contributed by atoms with Gasteiger partial charge in [-0.2, -0.15) is 0 Å². The summed E-state index contributed by atoms with van der Waals surface area (Å²) in [4.78, 5) is 0. The highest BCUT2D eigenvalue weighted by Crippen LogP contribution is 2.28. The van der Waals surface area contributed by atoms with Gasteiger partial charge < -0.3 is 5.11 Å². The van der Waals surface area contributed by atoms with Crippen LogP contribution in [-0.2, 0) is 5.60 Å². The Kier molecular flexibility index (Phi) is 3.88. The topological polar surface area (TPSA) is 58.3 Å². The number of nitrogens with two attached hydrogens (primary N) is 1. The first kappa shape index (κ1) is 12.2. The largest absolute Gasteiger partial charge is 0.379 e. The molecule has 0 aliphatic carbocycles. The molecular weight excluding hydrogens is 212 g/mol. The van der Waals surface area contributed by atoms with Crippen LogP contribution in [0, 0.1) is 0 Å². The van der Waals surface area contributed by atoms with Crippen LogP contribution < -0.4 is 11.3 Å². The van der Waals surface area contributed by atoms with Crippen molar-refractivity contribution in [2.24, 2.45) is 5.84 Å². The van der Waals surface area contributed by atoms with Gasteiger partial charge in [0.1, 0.15) is 5.60 Å². The van der Waals surface area contributed by atoms with Gasteiger partial charge in [0.05, 0.1) is 0 Å². The number of halogens is 1. The first-order valence-corrected chi connectivity index (χ1v) is 4.96. The fourth-order valence-electron chi connectivity index (χ4n) is 1.37. The minimum Gasteiger partial charge on any atom is -0.379 e. The maximum atomic E-state index is 10.4. The predicted octanol–water partition coefficient (Wildman–Crippen LogP) is 1.57. The van der Waals surface area contributed by atoms with Gasteiger partial charge >= 0.3 is 0 Å². The second-order valence-electron chi connectivity index (χ2n) is 3.53. The molecule has 0 aliphatic rings. The molecule has 0 amide bonds. The van der Waals surface area contributed by atoms with E-state index in [1.54, 1.807) is 31.2 Å². The molecule has 0 bridgehead atoms. The molecule has 0 spiro atoms. The number of hydrogen-bond donors (Lipinski definition) is 3. The van der Waals surface area contributed by atoms with E-state index in [1.165, 1.54) is 0 Å². The van der Waals surface area contributed by atoms with E-state index < -0.39 is 5.60 Å². The van der Waals surface area contributed by atoms with Crippen molar-refractivity contribution >= 4 is 11.6 Å². The molecule has 0 saturated heterocycles. The smallest absolute Gasteiger partial charge is 0.124 e. The van der Waals surface area contributed by atoms with E-state index >= 15 is 0 Å². The third-order valence-electron chi connectivity index (χ3n) is 2.39. The summed E-state index contributed by atoms with van der Waals surface area (Å²) in [6, 6.07) is 6.96. The van der Waals surface area contributed by atoms with Crippen molar-refractivity contribution in [2.75, 3.05) is 6.54 Å². The van der Waals surface area contributed by atoms with E-state index in [9.17, 15) is 5.11 Å². The van der Waals surface area contributed by atoms with Crippen LogP contribution in [0.2, 0.25) is 5.02 Å². The van der Waals surface area contributed by atoms with Crippen LogP contribution in [0.25, 0.3) is 0 Å². The molecule has 0 saturated carbocycles. The lowest BCUT2D eigenvalue weighted by atomic mass is 9.88.